The number of nitrogens with zero attached hydrogens (tertiary/aromatic N) is 4. The van der Waals surface area contributed by atoms with E-state index < -0.39 is 6.04 Å². The number of amides is 3. The monoisotopic (exact) mass is 450 g/mol. The first-order chi connectivity index (χ1) is 15.9. The molecule has 33 heavy (non-hydrogen) atoms. The van der Waals surface area contributed by atoms with E-state index in [0.717, 1.165) is 36.8 Å². The van der Waals surface area contributed by atoms with E-state index in [-0.39, 0.29) is 41.9 Å². The summed E-state index contributed by atoms with van der Waals surface area (Å²) in [6, 6.07) is 6.75. The molecule has 0 aromatic heterocycles. The Hall–Kier alpha value is -2.96. The highest BCUT2D eigenvalue weighted by Gasteiger charge is 2.53. The summed E-state index contributed by atoms with van der Waals surface area (Å²) in [5, 5.41) is 11.9. The largest absolute Gasteiger partial charge is 0.355 e. The van der Waals surface area contributed by atoms with Crippen molar-refractivity contribution < 1.29 is 14.4 Å². The van der Waals surface area contributed by atoms with Crippen LogP contribution in [0.1, 0.15) is 53.2 Å². The molecule has 4 aliphatic rings. The van der Waals surface area contributed by atoms with Crippen molar-refractivity contribution in [1.29, 1.82) is 5.26 Å². The lowest BCUT2D eigenvalue weighted by Gasteiger charge is -2.38. The zero-order valence-corrected chi connectivity index (χ0v) is 18.9. The van der Waals surface area contributed by atoms with E-state index >= 15 is 0 Å². The molecule has 1 aromatic carbocycles. The fourth-order valence-corrected chi connectivity index (χ4v) is 6.18. The van der Waals surface area contributed by atoms with E-state index in [9.17, 15) is 19.6 Å². The first-order valence-electron chi connectivity index (χ1n) is 11.8. The second kappa shape index (κ2) is 8.43. The minimum Gasteiger partial charge on any atom is -0.355 e. The number of fused-ring (bicyclic) bond motifs is 3. The number of nitrogens with two attached hydrogens (primary N) is 1. The molecule has 3 fully saturated rings. The van der Waals surface area contributed by atoms with Crippen LogP contribution in [0.25, 0.3) is 0 Å². The molecule has 3 unspecified atom stereocenters. The van der Waals surface area contributed by atoms with Gasteiger partial charge in [-0.3, -0.25) is 19.3 Å². The lowest BCUT2D eigenvalue weighted by molar-refractivity contribution is -0.141. The highest BCUT2D eigenvalue weighted by molar-refractivity contribution is 5.94. The summed E-state index contributed by atoms with van der Waals surface area (Å²) in [5.74, 6) is -0.188. The molecule has 5 atom stereocenters. The van der Waals surface area contributed by atoms with Gasteiger partial charge >= 0.3 is 0 Å². The number of likely N-dealkylation sites (tertiary alicyclic amines) is 3. The predicted molar refractivity (Wildman–Crippen MR) is 120 cm³/mol. The Morgan fingerprint density at radius 2 is 2.12 bits per heavy atom. The molecule has 3 heterocycles. The SMILES string of the molecule is CNC(=O)c1ccc2c(c1)CCC2N1C(=O)[C@@H]2C[C@H]1CN2CC(N)C(=O)N1CCCC1C#N. The molecule has 3 N–H and O–H groups in total. The van der Waals surface area contributed by atoms with Crippen molar-refractivity contribution >= 4 is 17.7 Å². The van der Waals surface area contributed by atoms with Crippen LogP contribution < -0.4 is 11.1 Å². The number of carbonyl (C=O) groups excluding carboxylic acids is 3. The van der Waals surface area contributed by atoms with E-state index in [1.807, 2.05) is 28.0 Å². The Labute approximate surface area is 193 Å². The zero-order chi connectivity index (χ0) is 23.3. The molecule has 3 amide bonds. The number of hydrogen-bond acceptors (Lipinski definition) is 6. The molecule has 0 radical (unpaired) electrons. The molecule has 3 aliphatic heterocycles. The number of piperazine rings is 1. The molecule has 0 spiro atoms. The summed E-state index contributed by atoms with van der Waals surface area (Å²) in [5.41, 5.74) is 9.16. The highest BCUT2D eigenvalue weighted by atomic mass is 16.2. The number of nitriles is 1. The van der Waals surface area contributed by atoms with Crippen LogP contribution in [0.2, 0.25) is 0 Å². The maximum Gasteiger partial charge on any atom is 0.251 e. The lowest BCUT2D eigenvalue weighted by atomic mass is 10.0. The van der Waals surface area contributed by atoms with E-state index in [1.54, 1.807) is 11.9 Å². The van der Waals surface area contributed by atoms with Gasteiger partial charge in [-0.05, 0) is 55.4 Å². The molecule has 2 bridgehead atoms. The second-order valence-electron chi connectivity index (χ2n) is 9.58. The van der Waals surface area contributed by atoms with Crippen molar-refractivity contribution in [2.45, 2.75) is 62.3 Å². The Morgan fingerprint density at radius 1 is 1.30 bits per heavy atom. The van der Waals surface area contributed by atoms with Gasteiger partial charge in [0.25, 0.3) is 5.91 Å². The number of aryl methyl sites for hydroxylation is 1. The van der Waals surface area contributed by atoms with Crippen molar-refractivity contribution in [1.82, 2.24) is 20.0 Å². The fourth-order valence-electron chi connectivity index (χ4n) is 6.18. The van der Waals surface area contributed by atoms with Gasteiger partial charge in [-0.25, -0.2) is 0 Å². The number of benzene rings is 1. The van der Waals surface area contributed by atoms with E-state index in [0.29, 0.717) is 31.6 Å². The number of nitrogens with one attached hydrogen (secondary N) is 1. The van der Waals surface area contributed by atoms with Gasteiger partial charge in [0.1, 0.15) is 6.04 Å². The van der Waals surface area contributed by atoms with Crippen molar-refractivity contribution in [2.24, 2.45) is 5.73 Å². The maximum atomic E-state index is 13.3. The van der Waals surface area contributed by atoms with Gasteiger partial charge in [-0.15, -0.1) is 0 Å². The predicted octanol–water partition coefficient (Wildman–Crippen LogP) is 0.160. The summed E-state index contributed by atoms with van der Waals surface area (Å²) in [7, 11) is 1.62. The molecule has 1 aliphatic carbocycles. The average Bonchev–Trinajstić information content (AvgIpc) is 3.60. The Morgan fingerprint density at radius 3 is 2.85 bits per heavy atom. The van der Waals surface area contributed by atoms with Crippen LogP contribution in [0, 0.1) is 11.3 Å². The molecule has 3 saturated heterocycles. The summed E-state index contributed by atoms with van der Waals surface area (Å²) in [6.45, 7) is 1.62. The Balaban J connectivity index is 1.25. The summed E-state index contributed by atoms with van der Waals surface area (Å²) in [6.07, 6.45) is 4.00. The third-order valence-electron chi connectivity index (χ3n) is 7.76. The lowest BCUT2D eigenvalue weighted by Crippen LogP contribution is -2.56. The minimum atomic E-state index is -0.727. The van der Waals surface area contributed by atoms with Crippen molar-refractivity contribution in [2.75, 3.05) is 26.7 Å². The van der Waals surface area contributed by atoms with Crippen LogP contribution in [0.4, 0.5) is 0 Å². The summed E-state index contributed by atoms with van der Waals surface area (Å²) >= 11 is 0. The molecule has 9 heteroatoms. The van der Waals surface area contributed by atoms with Crippen LogP contribution >= 0.6 is 0 Å². The zero-order valence-electron chi connectivity index (χ0n) is 18.9. The van der Waals surface area contributed by atoms with Gasteiger partial charge in [0, 0.05) is 38.3 Å². The van der Waals surface area contributed by atoms with Crippen LogP contribution in [-0.4, -0.2) is 83.3 Å². The fraction of sp³-hybridized carbons (Fsp3) is 0.583. The van der Waals surface area contributed by atoms with Gasteiger partial charge in [-0.1, -0.05) is 6.07 Å². The van der Waals surface area contributed by atoms with Gasteiger partial charge in [0.05, 0.1) is 24.2 Å². The molecular weight excluding hydrogens is 420 g/mol. The van der Waals surface area contributed by atoms with Gasteiger partial charge in [-0.2, -0.15) is 5.26 Å². The van der Waals surface area contributed by atoms with Gasteiger partial charge in [0.2, 0.25) is 11.8 Å². The van der Waals surface area contributed by atoms with Crippen molar-refractivity contribution in [3.05, 3.63) is 34.9 Å². The van der Waals surface area contributed by atoms with Crippen molar-refractivity contribution in [3.8, 4) is 6.07 Å². The van der Waals surface area contributed by atoms with E-state index in [1.165, 1.54) is 0 Å². The molecule has 5 rings (SSSR count). The van der Waals surface area contributed by atoms with Crippen LogP contribution in [0.5, 0.6) is 0 Å². The maximum absolute atomic E-state index is 13.3. The Bertz CT molecular complexity index is 1040. The number of carbonyl (C=O) groups is 3. The Kier molecular flexibility index (Phi) is 5.59. The van der Waals surface area contributed by atoms with Gasteiger partial charge < -0.3 is 20.9 Å². The average molecular weight is 451 g/mol. The molecule has 0 saturated carbocycles. The van der Waals surface area contributed by atoms with Crippen LogP contribution in [0.3, 0.4) is 0 Å². The molecule has 1 aromatic rings. The van der Waals surface area contributed by atoms with E-state index in [2.05, 4.69) is 11.4 Å². The molecular formula is C24H30N6O3. The van der Waals surface area contributed by atoms with E-state index in [4.69, 9.17) is 5.73 Å². The smallest absolute Gasteiger partial charge is 0.251 e. The normalized spacial score (nSPS) is 29.3. The summed E-state index contributed by atoms with van der Waals surface area (Å²) < 4.78 is 0. The third kappa shape index (κ3) is 3.58. The number of rotatable bonds is 5. The topological polar surface area (TPSA) is 123 Å². The quantitative estimate of drug-likeness (QED) is 0.659. The molecule has 174 valence electrons. The molecule has 9 nitrogen and oxygen atoms in total. The first-order valence-corrected chi connectivity index (χ1v) is 11.8. The van der Waals surface area contributed by atoms with Crippen LogP contribution in [-0.2, 0) is 16.0 Å². The standard InChI is InChI=1S/C24H30N6O3/c1-27-22(31)15-4-6-18-14(9-15)5-7-20(18)30-17-10-21(24(30)33)28(12-17)13-19(26)23(32)29-8-2-3-16(29)11-25/h4,6,9,16-17,19-21H,2-3,5,7-8,10,12-13,26H2,1H3,(H,27,31)/t16?,17-,19?,20?,21-/m0/s1. The summed E-state index contributed by atoms with van der Waals surface area (Å²) in [4.78, 5) is 43.8. The second-order valence-corrected chi connectivity index (χ2v) is 9.58. The minimum absolute atomic E-state index is 0.0414. The number of hydrogen-bond donors (Lipinski definition) is 2. The van der Waals surface area contributed by atoms with Gasteiger partial charge in [0.15, 0.2) is 0 Å². The first kappa shape index (κ1) is 21.9. The third-order valence-corrected chi connectivity index (χ3v) is 7.76. The van der Waals surface area contributed by atoms with Crippen LogP contribution in [0.15, 0.2) is 18.2 Å². The highest BCUT2D eigenvalue weighted by Crippen LogP contribution is 2.44. The van der Waals surface area contributed by atoms with Crippen molar-refractivity contribution in [3.63, 3.8) is 0 Å².